The van der Waals surface area contributed by atoms with Crippen LogP contribution in [0, 0.1) is 0 Å². The maximum atomic E-state index is 14.2. The monoisotopic (exact) mass is 390 g/mol. The molecule has 0 unspecified atom stereocenters. The predicted molar refractivity (Wildman–Crippen MR) is 98.2 cm³/mol. The first-order valence-corrected chi connectivity index (χ1v) is 8.58. The Bertz CT molecular complexity index is 940. The molecule has 0 saturated carbocycles. The van der Waals surface area contributed by atoms with Gasteiger partial charge in [0.15, 0.2) is 5.82 Å². The molecule has 9 nitrogen and oxygen atoms in total. The van der Waals surface area contributed by atoms with Crippen molar-refractivity contribution in [1.29, 1.82) is 0 Å². The predicted octanol–water partition coefficient (Wildman–Crippen LogP) is 0.780. The minimum absolute atomic E-state index is 0.157. The Morgan fingerprint density at radius 1 is 1.29 bits per heavy atom. The Labute approximate surface area is 159 Å². The number of morpholine rings is 1. The molecule has 2 aromatic rings. The van der Waals surface area contributed by atoms with Gasteiger partial charge in [0.25, 0.3) is 5.56 Å². The molecular formula is C18H19FN4O5. The van der Waals surface area contributed by atoms with Gasteiger partial charge in [0.2, 0.25) is 5.91 Å². The third kappa shape index (κ3) is 4.34. The lowest BCUT2D eigenvalue weighted by Gasteiger charge is -2.27. The minimum atomic E-state index is -0.908. The maximum absolute atomic E-state index is 14.2. The zero-order valence-electron chi connectivity index (χ0n) is 15.2. The Morgan fingerprint density at radius 2 is 2.00 bits per heavy atom. The number of methoxy groups -OCH3 is 1. The number of hydrogen-bond donors (Lipinski definition) is 1. The van der Waals surface area contributed by atoms with Crippen LogP contribution in [0.25, 0.3) is 0 Å². The van der Waals surface area contributed by atoms with E-state index >= 15 is 0 Å². The smallest absolute Gasteiger partial charge is 0.339 e. The number of anilines is 2. The van der Waals surface area contributed by atoms with Crippen LogP contribution < -0.4 is 15.8 Å². The molecule has 1 aromatic heterocycles. The number of esters is 1. The number of amides is 1. The molecule has 0 atom stereocenters. The fraction of sp³-hybridized carbons (Fsp3) is 0.333. The number of hydrogen-bond acceptors (Lipinski definition) is 7. The standard InChI is InChI=1S/C18H19FN4O5/c1-27-18(26)12-4-2-3-5-13(12)20-16(24)10-15-21-14(11-17(25)23(15)19)22-6-8-28-9-7-22/h2-5,11H,6-10H2,1H3,(H,20,24). The zero-order valence-corrected chi connectivity index (χ0v) is 15.2. The fourth-order valence-corrected chi connectivity index (χ4v) is 2.78. The zero-order chi connectivity index (χ0) is 20.1. The van der Waals surface area contributed by atoms with E-state index in [1.807, 2.05) is 0 Å². The molecule has 1 amide bonds. The average Bonchev–Trinajstić information content (AvgIpc) is 2.71. The molecule has 0 radical (unpaired) electrons. The lowest BCUT2D eigenvalue weighted by molar-refractivity contribution is -0.115. The quantitative estimate of drug-likeness (QED) is 0.753. The molecular weight excluding hydrogens is 371 g/mol. The van der Waals surface area contributed by atoms with Crippen LogP contribution in [0.5, 0.6) is 0 Å². The summed E-state index contributed by atoms with van der Waals surface area (Å²) < 4.78 is 24.1. The van der Waals surface area contributed by atoms with Gasteiger partial charge < -0.3 is 19.7 Å². The molecule has 1 saturated heterocycles. The maximum Gasteiger partial charge on any atom is 0.339 e. The van der Waals surface area contributed by atoms with Crippen LogP contribution in [-0.4, -0.2) is 55.1 Å². The first-order valence-electron chi connectivity index (χ1n) is 8.58. The average molecular weight is 390 g/mol. The van der Waals surface area contributed by atoms with Gasteiger partial charge >= 0.3 is 5.97 Å². The third-order valence-corrected chi connectivity index (χ3v) is 4.18. The van der Waals surface area contributed by atoms with Crippen molar-refractivity contribution in [3.8, 4) is 0 Å². The lowest BCUT2D eigenvalue weighted by Crippen LogP contribution is -2.38. The van der Waals surface area contributed by atoms with Crippen molar-refractivity contribution in [3.63, 3.8) is 0 Å². The van der Waals surface area contributed by atoms with E-state index in [4.69, 9.17) is 4.74 Å². The summed E-state index contributed by atoms with van der Waals surface area (Å²) in [6.07, 6.45) is -0.487. The summed E-state index contributed by atoms with van der Waals surface area (Å²) in [4.78, 5) is 41.8. The second-order valence-corrected chi connectivity index (χ2v) is 6.01. The Hall–Kier alpha value is -3.27. The number of rotatable bonds is 5. The summed E-state index contributed by atoms with van der Waals surface area (Å²) in [7, 11) is 1.23. The molecule has 3 rings (SSSR count). The van der Waals surface area contributed by atoms with E-state index in [-0.39, 0.29) is 21.9 Å². The summed E-state index contributed by atoms with van der Waals surface area (Å²) >= 11 is 0. The van der Waals surface area contributed by atoms with Crippen molar-refractivity contribution < 1.29 is 23.5 Å². The van der Waals surface area contributed by atoms with E-state index in [0.29, 0.717) is 32.1 Å². The number of aromatic nitrogens is 2. The number of carbonyl (C=O) groups is 2. The molecule has 10 heteroatoms. The van der Waals surface area contributed by atoms with Crippen LogP contribution >= 0.6 is 0 Å². The molecule has 148 valence electrons. The minimum Gasteiger partial charge on any atom is -0.465 e. The van der Waals surface area contributed by atoms with Crippen molar-refractivity contribution in [2.24, 2.45) is 0 Å². The van der Waals surface area contributed by atoms with Crippen molar-refractivity contribution in [1.82, 2.24) is 9.77 Å². The van der Waals surface area contributed by atoms with Crippen molar-refractivity contribution in [3.05, 3.63) is 52.1 Å². The SMILES string of the molecule is COC(=O)c1ccccc1NC(=O)Cc1nc(N2CCOCC2)cc(=O)n1F. The van der Waals surface area contributed by atoms with Gasteiger partial charge in [-0.15, -0.1) is 4.79 Å². The van der Waals surface area contributed by atoms with Crippen LogP contribution in [-0.2, 0) is 20.7 Å². The van der Waals surface area contributed by atoms with Crippen LogP contribution in [0.15, 0.2) is 35.1 Å². The van der Waals surface area contributed by atoms with Crippen molar-refractivity contribution >= 4 is 23.4 Å². The van der Waals surface area contributed by atoms with Gasteiger partial charge in [0.1, 0.15) is 5.82 Å². The van der Waals surface area contributed by atoms with Gasteiger partial charge in [-0.25, -0.2) is 9.78 Å². The molecule has 0 spiro atoms. The largest absolute Gasteiger partial charge is 0.465 e. The number of halogens is 1. The Kier molecular flexibility index (Phi) is 5.99. The van der Waals surface area contributed by atoms with Crippen LogP contribution in [0.3, 0.4) is 0 Å². The van der Waals surface area contributed by atoms with E-state index < -0.39 is 23.9 Å². The van der Waals surface area contributed by atoms with E-state index in [0.717, 1.165) is 6.07 Å². The number of benzene rings is 1. The van der Waals surface area contributed by atoms with Crippen molar-refractivity contribution in [2.45, 2.75) is 6.42 Å². The molecule has 1 fully saturated rings. The van der Waals surface area contributed by atoms with E-state index in [9.17, 15) is 18.9 Å². The van der Waals surface area contributed by atoms with E-state index in [1.165, 1.54) is 19.2 Å². The van der Waals surface area contributed by atoms with Gasteiger partial charge in [0, 0.05) is 19.2 Å². The van der Waals surface area contributed by atoms with E-state index in [2.05, 4.69) is 15.0 Å². The second kappa shape index (κ2) is 8.61. The number of nitrogens with zero attached hydrogens (tertiary/aromatic N) is 3. The summed E-state index contributed by atoms with van der Waals surface area (Å²) in [5.74, 6) is -1.29. The number of ether oxygens (including phenoxy) is 2. The molecule has 1 aromatic carbocycles. The summed E-state index contributed by atoms with van der Waals surface area (Å²) in [6.45, 7) is 1.98. The molecule has 28 heavy (non-hydrogen) atoms. The van der Waals surface area contributed by atoms with Crippen LogP contribution in [0.1, 0.15) is 16.2 Å². The first-order chi connectivity index (χ1) is 13.5. The Balaban J connectivity index is 1.80. The van der Waals surface area contributed by atoms with Crippen LogP contribution in [0.4, 0.5) is 16.0 Å². The van der Waals surface area contributed by atoms with Gasteiger partial charge in [-0.1, -0.05) is 16.6 Å². The van der Waals surface area contributed by atoms with E-state index in [1.54, 1.807) is 17.0 Å². The van der Waals surface area contributed by atoms with Gasteiger partial charge in [-0.2, -0.15) is 0 Å². The molecule has 0 aliphatic carbocycles. The lowest BCUT2D eigenvalue weighted by atomic mass is 10.1. The van der Waals surface area contributed by atoms with Gasteiger partial charge in [0.05, 0.1) is 38.0 Å². The number of carbonyl (C=O) groups excluding carboxylic acids is 2. The Morgan fingerprint density at radius 3 is 2.71 bits per heavy atom. The van der Waals surface area contributed by atoms with Gasteiger partial charge in [-0.3, -0.25) is 9.59 Å². The fourth-order valence-electron chi connectivity index (χ4n) is 2.78. The topological polar surface area (TPSA) is 103 Å². The second-order valence-electron chi connectivity index (χ2n) is 6.01. The number of nitrogens with one attached hydrogen (secondary N) is 1. The van der Waals surface area contributed by atoms with Crippen molar-refractivity contribution in [2.75, 3.05) is 43.6 Å². The highest BCUT2D eigenvalue weighted by Crippen LogP contribution is 2.17. The molecule has 1 N–H and O–H groups in total. The third-order valence-electron chi connectivity index (χ3n) is 4.18. The summed E-state index contributed by atoms with van der Waals surface area (Å²) in [5, 5.41) is 2.52. The molecule has 2 heterocycles. The molecule has 1 aliphatic heterocycles. The normalized spacial score (nSPS) is 13.9. The molecule has 1 aliphatic rings. The molecule has 0 bridgehead atoms. The highest BCUT2D eigenvalue weighted by atomic mass is 19.2. The highest BCUT2D eigenvalue weighted by Gasteiger charge is 2.19. The summed E-state index contributed by atoms with van der Waals surface area (Å²) in [6, 6.07) is 7.34. The highest BCUT2D eigenvalue weighted by molar-refractivity contribution is 6.01. The summed E-state index contributed by atoms with van der Waals surface area (Å²) in [5.41, 5.74) is -0.531. The van der Waals surface area contributed by atoms with Gasteiger partial charge in [-0.05, 0) is 12.1 Å². The van der Waals surface area contributed by atoms with Crippen LogP contribution in [0.2, 0.25) is 0 Å². The first kappa shape index (κ1) is 19.5. The number of para-hydroxylation sites is 1.